The van der Waals surface area contributed by atoms with Gasteiger partial charge in [-0.1, -0.05) is 6.07 Å². The number of anilines is 1. The van der Waals surface area contributed by atoms with Crippen molar-refractivity contribution in [1.29, 1.82) is 0 Å². The summed E-state index contributed by atoms with van der Waals surface area (Å²) in [6.45, 7) is 1.54. The Bertz CT molecular complexity index is 1360. The molecule has 0 radical (unpaired) electrons. The predicted molar refractivity (Wildman–Crippen MR) is 118 cm³/mol. The number of rotatable bonds is 3. The van der Waals surface area contributed by atoms with Crippen molar-refractivity contribution in [2.45, 2.75) is 0 Å². The first kappa shape index (κ1) is 20.3. The molecular formula is C22H17F2N5O2S. The van der Waals surface area contributed by atoms with Crippen LogP contribution >= 0.6 is 11.3 Å². The molecule has 0 bridgehead atoms. The number of amides is 1. The Hall–Kier alpha value is -3.66. The lowest BCUT2D eigenvalue weighted by Crippen LogP contribution is -2.49. The summed E-state index contributed by atoms with van der Waals surface area (Å²) in [6.07, 6.45) is 1.60. The van der Waals surface area contributed by atoms with Gasteiger partial charge in [-0.15, -0.1) is 11.3 Å². The number of aromatic amines is 1. The Morgan fingerprint density at radius 3 is 2.62 bits per heavy atom. The van der Waals surface area contributed by atoms with E-state index < -0.39 is 11.6 Å². The Morgan fingerprint density at radius 1 is 1.09 bits per heavy atom. The van der Waals surface area contributed by atoms with Gasteiger partial charge in [-0.3, -0.25) is 14.6 Å². The third-order valence-electron chi connectivity index (χ3n) is 5.38. The minimum absolute atomic E-state index is 0.236. The summed E-state index contributed by atoms with van der Waals surface area (Å²) < 4.78 is 27.7. The van der Waals surface area contributed by atoms with E-state index in [0.29, 0.717) is 59.2 Å². The first-order valence-corrected chi connectivity index (χ1v) is 10.8. The number of hydrogen-bond donors (Lipinski definition) is 1. The summed E-state index contributed by atoms with van der Waals surface area (Å²) in [5, 5.41) is 1.64. The quantitative estimate of drug-likeness (QED) is 0.515. The number of pyridine rings is 1. The Kier molecular flexibility index (Phi) is 5.14. The van der Waals surface area contributed by atoms with Crippen LogP contribution in [0.3, 0.4) is 0 Å². The molecule has 1 amide bonds. The molecule has 1 aliphatic heterocycles. The number of thiophene rings is 1. The van der Waals surface area contributed by atoms with Crippen LogP contribution in [-0.4, -0.2) is 51.9 Å². The molecule has 0 unspecified atom stereocenters. The Morgan fingerprint density at radius 2 is 1.91 bits per heavy atom. The lowest BCUT2D eigenvalue weighted by Gasteiger charge is -2.36. The van der Waals surface area contributed by atoms with Gasteiger partial charge in [0.05, 0.1) is 11.3 Å². The van der Waals surface area contributed by atoms with Gasteiger partial charge < -0.3 is 14.8 Å². The van der Waals surface area contributed by atoms with E-state index >= 15 is 0 Å². The number of piperazine rings is 1. The third kappa shape index (κ3) is 3.62. The van der Waals surface area contributed by atoms with E-state index in [1.165, 1.54) is 23.5 Å². The summed E-state index contributed by atoms with van der Waals surface area (Å²) in [5.41, 5.74) is 1.20. The van der Waals surface area contributed by atoms with E-state index in [1.54, 1.807) is 39.6 Å². The van der Waals surface area contributed by atoms with Crippen LogP contribution in [0.15, 0.2) is 52.8 Å². The van der Waals surface area contributed by atoms with Gasteiger partial charge in [0, 0.05) is 43.8 Å². The van der Waals surface area contributed by atoms with Crippen molar-refractivity contribution in [2.75, 3.05) is 31.1 Å². The lowest BCUT2D eigenvalue weighted by molar-refractivity contribution is 0.0749. The maximum absolute atomic E-state index is 14.1. The highest BCUT2D eigenvalue weighted by atomic mass is 32.1. The molecule has 1 N–H and O–H groups in total. The fourth-order valence-electron chi connectivity index (χ4n) is 3.76. The predicted octanol–water partition coefficient (Wildman–Crippen LogP) is 3.29. The number of benzene rings is 1. The van der Waals surface area contributed by atoms with Crippen molar-refractivity contribution >= 4 is 33.1 Å². The van der Waals surface area contributed by atoms with Crippen LogP contribution in [0.2, 0.25) is 0 Å². The zero-order valence-electron chi connectivity index (χ0n) is 16.7. The number of H-pyrrole nitrogens is 1. The van der Waals surface area contributed by atoms with E-state index in [-0.39, 0.29) is 11.5 Å². The van der Waals surface area contributed by atoms with Gasteiger partial charge in [0.25, 0.3) is 11.5 Å². The van der Waals surface area contributed by atoms with E-state index in [9.17, 15) is 18.4 Å². The average Bonchev–Trinajstić information content (AvgIpc) is 3.24. The molecule has 162 valence electrons. The number of carbonyl (C=O) groups is 1. The van der Waals surface area contributed by atoms with Crippen molar-refractivity contribution in [2.24, 2.45) is 0 Å². The van der Waals surface area contributed by atoms with Crippen LogP contribution < -0.4 is 10.5 Å². The molecule has 0 spiro atoms. The molecule has 4 aromatic rings. The van der Waals surface area contributed by atoms with Crippen LogP contribution in [0.4, 0.5) is 14.5 Å². The summed E-state index contributed by atoms with van der Waals surface area (Å²) in [4.78, 5) is 40.6. The van der Waals surface area contributed by atoms with Gasteiger partial charge in [0.15, 0.2) is 5.82 Å². The minimum atomic E-state index is -0.628. The van der Waals surface area contributed by atoms with Crippen molar-refractivity contribution in [3.63, 3.8) is 0 Å². The molecule has 0 aliphatic carbocycles. The van der Waals surface area contributed by atoms with Crippen LogP contribution in [0.1, 0.15) is 10.4 Å². The molecule has 3 aromatic heterocycles. The fraction of sp³-hybridized carbons (Fsp3) is 0.182. The molecule has 1 saturated heterocycles. The number of carbonyl (C=O) groups excluding carboxylic acids is 1. The molecule has 1 aromatic carbocycles. The van der Waals surface area contributed by atoms with Gasteiger partial charge in [-0.25, -0.2) is 13.8 Å². The van der Waals surface area contributed by atoms with E-state index in [4.69, 9.17) is 0 Å². The highest BCUT2D eigenvalue weighted by Gasteiger charge is 2.26. The van der Waals surface area contributed by atoms with Gasteiger partial charge in [-0.05, 0) is 24.3 Å². The van der Waals surface area contributed by atoms with Crippen LogP contribution in [-0.2, 0) is 0 Å². The third-order valence-corrected chi connectivity index (χ3v) is 6.35. The van der Waals surface area contributed by atoms with Gasteiger partial charge in [0.1, 0.15) is 27.5 Å². The molecule has 7 nitrogen and oxygen atoms in total. The number of aromatic nitrogens is 3. The molecule has 1 aliphatic rings. The van der Waals surface area contributed by atoms with E-state index in [0.717, 1.165) is 6.07 Å². The minimum Gasteiger partial charge on any atom is -0.366 e. The monoisotopic (exact) mass is 453 g/mol. The number of hydrogen-bond acceptors (Lipinski definition) is 6. The van der Waals surface area contributed by atoms with Crippen LogP contribution in [0, 0.1) is 11.6 Å². The summed E-state index contributed by atoms with van der Waals surface area (Å²) >= 11 is 1.17. The molecule has 1 fully saturated rings. The van der Waals surface area contributed by atoms with E-state index in [1.807, 2.05) is 0 Å². The highest BCUT2D eigenvalue weighted by Crippen LogP contribution is 2.26. The van der Waals surface area contributed by atoms with Crippen molar-refractivity contribution in [3.8, 4) is 11.5 Å². The second-order valence-corrected chi connectivity index (χ2v) is 8.21. The molecule has 0 saturated carbocycles. The largest absolute Gasteiger partial charge is 0.366 e. The molecule has 4 heterocycles. The smallest absolute Gasteiger partial charge is 0.269 e. The Labute approximate surface area is 185 Å². The van der Waals surface area contributed by atoms with Gasteiger partial charge >= 0.3 is 0 Å². The highest BCUT2D eigenvalue weighted by molar-refractivity contribution is 7.17. The second-order valence-electron chi connectivity index (χ2n) is 7.33. The number of halogens is 2. The summed E-state index contributed by atoms with van der Waals surface area (Å²) in [5.74, 6) is -1.19. The SMILES string of the molecule is O=C(c1csc2c(=O)[nH]c(-c3ccccn3)nc12)N1CCN(c2ccc(F)cc2F)CC1. The topological polar surface area (TPSA) is 82.2 Å². The standard InChI is InChI=1S/C22H17F2N5O2S/c23-13-4-5-17(15(24)11-13)28-7-9-29(10-8-28)22(31)14-12-32-19-18(14)26-20(27-21(19)30)16-3-1-2-6-25-16/h1-6,11-12H,7-10H2,(H,26,27,30). The second kappa shape index (κ2) is 8.12. The van der Waals surface area contributed by atoms with Crippen molar-refractivity contribution < 1.29 is 13.6 Å². The number of nitrogens with one attached hydrogen (secondary N) is 1. The molecule has 5 rings (SSSR count). The van der Waals surface area contributed by atoms with Gasteiger partial charge in [0.2, 0.25) is 0 Å². The lowest BCUT2D eigenvalue weighted by atomic mass is 10.2. The summed E-state index contributed by atoms with van der Waals surface area (Å²) in [6, 6.07) is 8.75. The van der Waals surface area contributed by atoms with Crippen molar-refractivity contribution in [1.82, 2.24) is 19.9 Å². The zero-order chi connectivity index (χ0) is 22.2. The molecular weight excluding hydrogens is 436 g/mol. The molecule has 10 heteroatoms. The van der Waals surface area contributed by atoms with E-state index in [2.05, 4.69) is 15.0 Å². The van der Waals surface area contributed by atoms with Crippen LogP contribution in [0.25, 0.3) is 21.7 Å². The fourth-order valence-corrected chi connectivity index (χ4v) is 4.64. The summed E-state index contributed by atoms with van der Waals surface area (Å²) in [7, 11) is 0. The number of nitrogens with zero attached hydrogens (tertiary/aromatic N) is 4. The maximum Gasteiger partial charge on any atom is 0.269 e. The van der Waals surface area contributed by atoms with Crippen LogP contribution in [0.5, 0.6) is 0 Å². The molecule has 0 atom stereocenters. The maximum atomic E-state index is 14.1. The molecule has 32 heavy (non-hydrogen) atoms. The zero-order valence-corrected chi connectivity index (χ0v) is 17.5. The first-order valence-electron chi connectivity index (χ1n) is 9.93. The first-order chi connectivity index (χ1) is 15.5. The van der Waals surface area contributed by atoms with Gasteiger partial charge in [-0.2, -0.15) is 0 Å². The Balaban J connectivity index is 1.40. The normalized spacial score (nSPS) is 14.2. The van der Waals surface area contributed by atoms with Crippen molar-refractivity contribution in [3.05, 3.63) is 75.5 Å². The number of fused-ring (bicyclic) bond motifs is 1. The average molecular weight is 453 g/mol.